The molecule has 0 amide bonds. The second-order valence-electron chi connectivity index (χ2n) is 9.38. The van der Waals surface area contributed by atoms with Crippen LogP contribution in [0, 0.1) is 10.4 Å². The van der Waals surface area contributed by atoms with Crippen LogP contribution >= 0.6 is 24.4 Å². The highest BCUT2D eigenvalue weighted by Gasteiger charge is 2.13. The average molecular weight is 544 g/mol. The van der Waals surface area contributed by atoms with Gasteiger partial charge in [-0.2, -0.15) is 0 Å². The predicted molar refractivity (Wildman–Crippen MR) is 169 cm³/mol. The number of anilines is 1. The molecule has 1 aliphatic rings. The van der Waals surface area contributed by atoms with E-state index in [-0.39, 0.29) is 5.43 Å². The lowest BCUT2D eigenvalue weighted by atomic mass is 9.91. The number of rotatable bonds is 10. The summed E-state index contributed by atoms with van der Waals surface area (Å²) in [5.74, 6) is 0.833. The Labute approximate surface area is 234 Å². The number of likely N-dealkylation sites (N-methyl/N-ethyl adjacent to an activating group) is 2. The molecular weight excluding hydrogens is 486 g/mol. The van der Waals surface area contributed by atoms with Crippen LogP contribution in [0.1, 0.15) is 75.7 Å². The van der Waals surface area contributed by atoms with E-state index in [2.05, 4.69) is 79.3 Å². The molecule has 0 saturated heterocycles. The summed E-state index contributed by atoms with van der Waals surface area (Å²) < 4.78 is 5.93. The minimum Gasteiger partial charge on any atom is -0.378 e. The van der Waals surface area contributed by atoms with Crippen molar-refractivity contribution in [1.82, 2.24) is 9.80 Å². The summed E-state index contributed by atoms with van der Waals surface area (Å²) in [7, 11) is 6.06. The van der Waals surface area contributed by atoms with Crippen molar-refractivity contribution in [3.63, 3.8) is 0 Å². The van der Waals surface area contributed by atoms with E-state index in [4.69, 9.17) is 29.2 Å². The fourth-order valence-electron chi connectivity index (χ4n) is 2.25. The SMILES string of the molecule is CC.CC(C)C.CC1=C(C)C(=S)C1.CCN(C)CC.CCN(C)CCOCCN(C)c1cc(=S)c1=O. The van der Waals surface area contributed by atoms with Gasteiger partial charge in [0, 0.05) is 31.4 Å². The summed E-state index contributed by atoms with van der Waals surface area (Å²) in [6, 6.07) is 1.74. The van der Waals surface area contributed by atoms with E-state index in [9.17, 15) is 4.79 Å². The van der Waals surface area contributed by atoms with Crippen LogP contribution in [0.5, 0.6) is 0 Å². The fraction of sp³-hybridized carbons (Fsp3) is 0.759. The number of hydrogen-bond donors (Lipinski definition) is 0. The molecule has 0 fully saturated rings. The molecule has 0 N–H and O–H groups in total. The highest BCUT2D eigenvalue weighted by atomic mass is 32.1. The molecule has 36 heavy (non-hydrogen) atoms. The van der Waals surface area contributed by atoms with Gasteiger partial charge >= 0.3 is 0 Å². The number of allylic oxidation sites excluding steroid dienone is 2. The van der Waals surface area contributed by atoms with Crippen LogP contribution in [0.2, 0.25) is 0 Å². The zero-order valence-corrected chi connectivity index (χ0v) is 27.4. The Bertz CT molecular complexity index is 777. The maximum Gasteiger partial charge on any atom is 0.219 e. The van der Waals surface area contributed by atoms with E-state index in [0.29, 0.717) is 16.8 Å². The predicted octanol–water partition coefficient (Wildman–Crippen LogP) is 6.80. The van der Waals surface area contributed by atoms with Crippen LogP contribution in [0.15, 0.2) is 22.0 Å². The Morgan fingerprint density at radius 2 is 1.33 bits per heavy atom. The summed E-state index contributed by atoms with van der Waals surface area (Å²) in [5, 5.41) is 0. The number of nitrogens with zero attached hydrogens (tertiary/aromatic N) is 3. The van der Waals surface area contributed by atoms with Crippen molar-refractivity contribution in [3.8, 4) is 0 Å². The summed E-state index contributed by atoms with van der Waals surface area (Å²) in [5.41, 5.74) is 3.48. The molecule has 1 aromatic rings. The van der Waals surface area contributed by atoms with E-state index in [1.54, 1.807) is 6.07 Å². The fourth-order valence-corrected chi connectivity index (χ4v) is 2.86. The summed E-state index contributed by atoms with van der Waals surface area (Å²) in [4.78, 5) is 18.8. The second-order valence-corrected chi connectivity index (χ2v) is 10.3. The first kappa shape index (κ1) is 39.5. The Morgan fingerprint density at radius 1 is 0.889 bits per heavy atom. The molecule has 2 rings (SSSR count). The van der Waals surface area contributed by atoms with Crippen molar-refractivity contribution < 1.29 is 4.74 Å². The lowest BCUT2D eigenvalue weighted by molar-refractivity contribution is 0.118. The Balaban J connectivity index is -0.000000471. The molecule has 0 atom stereocenters. The van der Waals surface area contributed by atoms with Crippen molar-refractivity contribution in [1.29, 1.82) is 0 Å². The molecule has 0 spiro atoms. The normalized spacial score (nSPS) is 12.1. The van der Waals surface area contributed by atoms with Gasteiger partial charge in [-0.15, -0.1) is 0 Å². The average Bonchev–Trinajstić information content (AvgIpc) is 2.87. The molecule has 0 aromatic heterocycles. The molecule has 1 aliphatic carbocycles. The molecule has 7 heteroatoms. The maximum absolute atomic E-state index is 11.3. The van der Waals surface area contributed by atoms with Crippen LogP contribution in [-0.2, 0) is 4.74 Å². The van der Waals surface area contributed by atoms with E-state index >= 15 is 0 Å². The van der Waals surface area contributed by atoms with E-state index in [0.717, 1.165) is 56.5 Å². The molecule has 0 radical (unpaired) electrons. The number of hydrogen-bond acceptors (Lipinski definition) is 7. The Morgan fingerprint density at radius 3 is 1.58 bits per heavy atom. The lowest BCUT2D eigenvalue weighted by Crippen LogP contribution is -2.30. The van der Waals surface area contributed by atoms with Crippen molar-refractivity contribution in [2.24, 2.45) is 5.92 Å². The molecule has 0 aliphatic heterocycles. The van der Waals surface area contributed by atoms with Gasteiger partial charge in [-0.25, -0.2) is 0 Å². The largest absolute Gasteiger partial charge is 0.378 e. The molecule has 5 nitrogen and oxygen atoms in total. The first-order valence-electron chi connectivity index (χ1n) is 13.5. The standard InChI is InChI=1S/C12H20N2O2S.C6H8S.C5H13N.C4H10.C2H6/c1-4-13(2)5-7-16-8-6-14(3)10-9-11(17)12(10)15;1-4-3-6(7)5(4)2;1-4-6(3)5-2;1-4(2)3;1-2/h9H,4-8H2,1-3H3;3H2,1-2H3;4-5H2,1-3H3;4H,1-3H3;1-2H3. The first-order valence-corrected chi connectivity index (χ1v) is 14.3. The minimum absolute atomic E-state index is 0.0202. The van der Waals surface area contributed by atoms with Gasteiger partial charge in [0.1, 0.15) is 0 Å². The van der Waals surface area contributed by atoms with Gasteiger partial charge in [-0.05, 0) is 65.1 Å². The van der Waals surface area contributed by atoms with Gasteiger partial charge in [-0.1, -0.05) is 85.4 Å². The van der Waals surface area contributed by atoms with Crippen molar-refractivity contribution in [2.75, 3.05) is 72.0 Å². The molecule has 0 unspecified atom stereocenters. The summed E-state index contributed by atoms with van der Waals surface area (Å²) >= 11 is 9.73. The molecular formula is C29H57N3O2S2. The zero-order chi connectivity index (χ0) is 28.8. The van der Waals surface area contributed by atoms with Crippen LogP contribution in [0.25, 0.3) is 0 Å². The third-order valence-corrected chi connectivity index (χ3v) is 6.18. The highest BCUT2D eigenvalue weighted by Crippen LogP contribution is 2.23. The Hall–Kier alpha value is -0.990. The monoisotopic (exact) mass is 543 g/mol. The molecule has 1 aromatic carbocycles. The zero-order valence-electron chi connectivity index (χ0n) is 25.8. The summed E-state index contributed by atoms with van der Waals surface area (Å²) in [6.07, 6.45) is 1.07. The van der Waals surface area contributed by atoms with Crippen LogP contribution in [0.3, 0.4) is 0 Å². The topological polar surface area (TPSA) is 36.0 Å². The van der Waals surface area contributed by atoms with E-state index in [1.807, 2.05) is 25.8 Å². The van der Waals surface area contributed by atoms with Gasteiger partial charge in [0.2, 0.25) is 5.43 Å². The minimum atomic E-state index is -0.0202. The van der Waals surface area contributed by atoms with Crippen LogP contribution < -0.4 is 10.3 Å². The van der Waals surface area contributed by atoms with Gasteiger partial charge < -0.3 is 19.4 Å². The molecule has 212 valence electrons. The van der Waals surface area contributed by atoms with Crippen molar-refractivity contribution >= 4 is 35.0 Å². The van der Waals surface area contributed by atoms with Gasteiger partial charge in [0.15, 0.2) is 0 Å². The van der Waals surface area contributed by atoms with Gasteiger partial charge in [0.05, 0.1) is 23.4 Å². The quantitative estimate of drug-likeness (QED) is 0.237. The highest BCUT2D eigenvalue weighted by molar-refractivity contribution is 7.81. The number of ether oxygens (including phenoxy) is 1. The van der Waals surface area contributed by atoms with Gasteiger partial charge in [-0.3, -0.25) is 4.79 Å². The van der Waals surface area contributed by atoms with Crippen molar-refractivity contribution in [3.05, 3.63) is 31.9 Å². The number of thiocarbonyl (C=S) groups is 1. The first-order chi connectivity index (χ1) is 16.8. The lowest BCUT2D eigenvalue weighted by Gasteiger charge is -2.20. The van der Waals surface area contributed by atoms with E-state index < -0.39 is 0 Å². The molecule has 0 bridgehead atoms. The van der Waals surface area contributed by atoms with Crippen molar-refractivity contribution in [2.45, 2.75) is 75.7 Å². The maximum atomic E-state index is 11.3. The third kappa shape index (κ3) is 20.1. The summed E-state index contributed by atoms with van der Waals surface area (Å²) in [6.45, 7) is 27.5. The van der Waals surface area contributed by atoms with E-state index in [1.165, 1.54) is 11.1 Å². The van der Waals surface area contributed by atoms with Crippen LogP contribution in [0.4, 0.5) is 5.69 Å². The Kier molecular flexibility index (Phi) is 26.7. The third-order valence-electron chi connectivity index (χ3n) is 5.43. The molecule has 0 saturated carbocycles. The van der Waals surface area contributed by atoms with Gasteiger partial charge in [0.25, 0.3) is 0 Å². The van der Waals surface area contributed by atoms with Crippen LogP contribution in [-0.4, -0.2) is 81.7 Å². The molecule has 0 heterocycles. The second kappa shape index (κ2) is 24.4. The smallest absolute Gasteiger partial charge is 0.219 e.